The van der Waals surface area contributed by atoms with Gasteiger partial charge in [0.05, 0.1) is 23.4 Å². The van der Waals surface area contributed by atoms with E-state index in [9.17, 15) is 4.79 Å². The summed E-state index contributed by atoms with van der Waals surface area (Å²) in [6.45, 7) is 7.04. The average Bonchev–Trinajstić information content (AvgIpc) is 3.22. The largest absolute Gasteiger partial charge is 0.379 e. The van der Waals surface area contributed by atoms with Crippen LogP contribution in [0.4, 0.5) is 5.13 Å². The minimum Gasteiger partial charge on any atom is -0.379 e. The van der Waals surface area contributed by atoms with Crippen molar-refractivity contribution in [1.29, 1.82) is 0 Å². The van der Waals surface area contributed by atoms with Gasteiger partial charge in [0, 0.05) is 37.3 Å². The molecule has 1 aliphatic rings. The molecule has 2 aromatic carbocycles. The van der Waals surface area contributed by atoms with Gasteiger partial charge in [-0.3, -0.25) is 14.6 Å². The molecule has 0 spiro atoms. The van der Waals surface area contributed by atoms with Gasteiger partial charge in [-0.15, -0.1) is 12.4 Å². The second-order valence-corrected chi connectivity index (χ2v) is 8.99. The molecule has 1 aromatic heterocycles. The smallest absolute Gasteiger partial charge is 0.252 e. The number of halogens is 2. The molecule has 0 unspecified atom stereocenters. The summed E-state index contributed by atoms with van der Waals surface area (Å²) < 4.78 is 6.52. The number of rotatable bonds is 7. The van der Waals surface area contributed by atoms with Crippen LogP contribution >= 0.6 is 35.3 Å². The number of morpholine rings is 1. The summed E-state index contributed by atoms with van der Waals surface area (Å²) in [5.41, 5.74) is 2.90. The molecule has 0 radical (unpaired) electrons. The summed E-state index contributed by atoms with van der Waals surface area (Å²) in [6, 6.07) is 13.6. The predicted molar refractivity (Wildman–Crippen MR) is 136 cm³/mol. The fraction of sp³-hybridized carbons (Fsp3) is 0.333. The zero-order chi connectivity index (χ0) is 21.6. The number of amides is 1. The zero-order valence-corrected chi connectivity index (χ0v) is 20.4. The number of carbonyl (C=O) groups is 1. The molecule has 1 amide bonds. The molecule has 8 heteroatoms. The highest BCUT2D eigenvalue weighted by Crippen LogP contribution is 2.31. The average molecular weight is 492 g/mol. The Hall–Kier alpha value is -1.96. The molecule has 0 N–H and O–H groups in total. The van der Waals surface area contributed by atoms with Crippen LogP contribution < -0.4 is 4.90 Å². The Morgan fingerprint density at radius 2 is 2.00 bits per heavy atom. The maximum absolute atomic E-state index is 13.2. The molecular weight excluding hydrogens is 465 g/mol. The van der Waals surface area contributed by atoms with Crippen molar-refractivity contribution in [1.82, 2.24) is 9.88 Å². The van der Waals surface area contributed by atoms with Crippen LogP contribution in [0.15, 0.2) is 48.5 Å². The lowest BCUT2D eigenvalue weighted by atomic mass is 10.2. The Balaban J connectivity index is 0.00000289. The van der Waals surface area contributed by atoms with Gasteiger partial charge < -0.3 is 4.74 Å². The molecule has 3 aromatic rings. The Morgan fingerprint density at radius 3 is 2.75 bits per heavy atom. The van der Waals surface area contributed by atoms with Crippen molar-refractivity contribution in [2.24, 2.45) is 0 Å². The van der Waals surface area contributed by atoms with E-state index < -0.39 is 0 Å². The number of para-hydroxylation sites is 1. The van der Waals surface area contributed by atoms with E-state index in [1.165, 1.54) is 0 Å². The molecule has 1 saturated heterocycles. The highest BCUT2D eigenvalue weighted by Gasteiger charge is 2.19. The summed E-state index contributed by atoms with van der Waals surface area (Å²) in [5, 5.41) is 1.36. The van der Waals surface area contributed by atoms with Crippen molar-refractivity contribution in [3.8, 4) is 0 Å². The molecule has 1 aliphatic heterocycles. The summed E-state index contributed by atoms with van der Waals surface area (Å²) in [7, 11) is 0. The maximum Gasteiger partial charge on any atom is 0.252 e. The van der Waals surface area contributed by atoms with Crippen molar-refractivity contribution < 1.29 is 9.53 Å². The third-order valence-corrected chi connectivity index (χ3v) is 6.76. The number of nitrogens with zero attached hydrogens (tertiary/aromatic N) is 3. The minimum atomic E-state index is -0.0846. The molecule has 0 saturated carbocycles. The molecule has 170 valence electrons. The lowest BCUT2D eigenvalue weighted by Gasteiger charge is -2.27. The first-order chi connectivity index (χ1) is 15.1. The van der Waals surface area contributed by atoms with Gasteiger partial charge in [-0.05, 0) is 42.7 Å². The topological polar surface area (TPSA) is 45.7 Å². The van der Waals surface area contributed by atoms with Gasteiger partial charge in [-0.25, -0.2) is 4.98 Å². The first-order valence-electron chi connectivity index (χ1n) is 10.5. The molecule has 4 rings (SSSR count). The van der Waals surface area contributed by atoms with Crippen LogP contribution in [0, 0.1) is 6.92 Å². The number of aryl methyl sites for hydroxylation is 1. The van der Waals surface area contributed by atoms with E-state index in [2.05, 4.69) is 11.0 Å². The first kappa shape index (κ1) is 24.7. The molecule has 5 nitrogen and oxygen atoms in total. The summed E-state index contributed by atoms with van der Waals surface area (Å²) in [5.74, 6) is -0.0846. The number of thiazole rings is 1. The fourth-order valence-corrected chi connectivity index (χ4v) is 4.90. The Kier molecular flexibility index (Phi) is 9.08. The number of aromatic nitrogens is 1. The second-order valence-electron chi connectivity index (χ2n) is 7.57. The number of fused-ring (bicyclic) bond motifs is 1. The van der Waals surface area contributed by atoms with Crippen molar-refractivity contribution >= 4 is 62.7 Å². The van der Waals surface area contributed by atoms with Crippen LogP contribution in [0.3, 0.4) is 0 Å². The molecular formula is C24H27Cl2N3O2S. The van der Waals surface area contributed by atoms with Gasteiger partial charge in [0.2, 0.25) is 0 Å². The van der Waals surface area contributed by atoms with Crippen LogP contribution in [0.5, 0.6) is 0 Å². The summed E-state index contributed by atoms with van der Waals surface area (Å²) in [6.07, 6.45) is 4.24. The summed E-state index contributed by atoms with van der Waals surface area (Å²) >= 11 is 7.80. The van der Waals surface area contributed by atoms with Gasteiger partial charge in [0.15, 0.2) is 5.13 Å². The number of hydrogen-bond acceptors (Lipinski definition) is 5. The normalized spacial score (nSPS) is 14.6. The lowest BCUT2D eigenvalue weighted by Crippen LogP contribution is -2.39. The monoisotopic (exact) mass is 491 g/mol. The number of carbonyl (C=O) groups excluding carboxylic acids is 1. The van der Waals surface area contributed by atoms with E-state index in [4.69, 9.17) is 21.3 Å². The van der Waals surface area contributed by atoms with Crippen LogP contribution in [0.1, 0.15) is 17.5 Å². The second kappa shape index (κ2) is 11.8. The van der Waals surface area contributed by atoms with E-state index in [0.29, 0.717) is 11.6 Å². The Labute approximate surface area is 204 Å². The van der Waals surface area contributed by atoms with Gasteiger partial charge in [-0.2, -0.15) is 0 Å². The number of anilines is 1. The van der Waals surface area contributed by atoms with Crippen molar-refractivity contribution in [3.05, 3.63) is 64.7 Å². The number of hydrogen-bond donors (Lipinski definition) is 0. The number of ether oxygens (including phenoxy) is 1. The molecule has 0 aliphatic carbocycles. The third-order valence-electron chi connectivity index (χ3n) is 5.38. The molecule has 0 bridgehead atoms. The lowest BCUT2D eigenvalue weighted by molar-refractivity contribution is -0.114. The highest BCUT2D eigenvalue weighted by molar-refractivity contribution is 7.22. The summed E-state index contributed by atoms with van der Waals surface area (Å²) in [4.78, 5) is 22.2. The van der Waals surface area contributed by atoms with Gasteiger partial charge in [0.25, 0.3) is 5.91 Å². The fourth-order valence-electron chi connectivity index (χ4n) is 3.63. The highest BCUT2D eigenvalue weighted by atomic mass is 35.5. The predicted octanol–water partition coefficient (Wildman–Crippen LogP) is 5.45. The minimum absolute atomic E-state index is 0. The first-order valence-corrected chi connectivity index (χ1v) is 11.7. The van der Waals surface area contributed by atoms with Crippen LogP contribution in [-0.2, 0) is 9.53 Å². The van der Waals surface area contributed by atoms with E-state index >= 15 is 0 Å². The Bertz CT molecular complexity index is 1080. The zero-order valence-electron chi connectivity index (χ0n) is 18.0. The molecule has 32 heavy (non-hydrogen) atoms. The third kappa shape index (κ3) is 6.09. The maximum atomic E-state index is 13.2. The quantitative estimate of drug-likeness (QED) is 0.412. The standard InChI is InChI=1S/C24H26ClN3O2S.ClH/c1-18-6-4-9-21-23(18)26-24(31-21)28(13-5-12-27-14-16-30-17-15-27)22(29)11-10-19-7-2-3-8-20(19)25;/h2-4,6-11H,5,12-17H2,1H3;1H/b11-10+;. The van der Waals surface area contributed by atoms with Crippen molar-refractivity contribution in [2.45, 2.75) is 13.3 Å². The van der Waals surface area contributed by atoms with Crippen molar-refractivity contribution in [3.63, 3.8) is 0 Å². The number of benzene rings is 2. The van der Waals surface area contributed by atoms with E-state index in [1.807, 2.05) is 43.3 Å². The molecule has 0 atom stereocenters. The van der Waals surface area contributed by atoms with Gasteiger partial charge in [-0.1, -0.05) is 53.3 Å². The SMILES string of the molecule is Cc1cccc2sc(N(CCCN3CCOCC3)C(=O)/C=C/c3ccccc3Cl)nc12.Cl. The van der Waals surface area contributed by atoms with E-state index in [0.717, 1.165) is 65.7 Å². The molecule has 1 fully saturated rings. The van der Waals surface area contributed by atoms with E-state index in [-0.39, 0.29) is 18.3 Å². The van der Waals surface area contributed by atoms with Gasteiger partial charge >= 0.3 is 0 Å². The van der Waals surface area contributed by atoms with Crippen LogP contribution in [0.25, 0.3) is 16.3 Å². The van der Waals surface area contributed by atoms with Gasteiger partial charge in [0.1, 0.15) is 0 Å². The van der Waals surface area contributed by atoms with Crippen molar-refractivity contribution in [2.75, 3.05) is 44.3 Å². The van der Waals surface area contributed by atoms with E-state index in [1.54, 1.807) is 28.4 Å². The van der Waals surface area contributed by atoms with Crippen LogP contribution in [0.2, 0.25) is 5.02 Å². The Morgan fingerprint density at radius 1 is 1.22 bits per heavy atom. The molecule has 2 heterocycles. The van der Waals surface area contributed by atoms with Crippen LogP contribution in [-0.4, -0.2) is 55.2 Å².